The Morgan fingerprint density at radius 3 is 1.05 bits per heavy atom. The number of aromatic nitrogens is 3. The van der Waals surface area contributed by atoms with Gasteiger partial charge in [-0.05, 0) is 235 Å². The standard InChI is InChI=1S/C74H61N3/c1-45-14-9-10-15-46(2)71(45)55-26-34-67-63(39-55)64-40-56(72-47(3)16-11-17-48(72)4)27-35-68(64)76(67)61-30-22-53(23-31-61)59-38-60(44-75-43-59)54-24-32-62(33-25-54)77-69-36-28-57(73-49(5)18-12-19-50(73)6)41-65(69)66-42-58(29-37-70(66)77)74-51(7)20-13-21-52(74)8/h9-14,16-44H,15H2,1-8H3. The van der Waals surface area contributed by atoms with Crippen LogP contribution in [0.3, 0.4) is 0 Å². The predicted octanol–water partition coefficient (Wildman–Crippen LogP) is 20.1. The van der Waals surface area contributed by atoms with E-state index in [1.54, 1.807) is 0 Å². The van der Waals surface area contributed by atoms with Gasteiger partial charge in [-0.15, -0.1) is 0 Å². The van der Waals surface area contributed by atoms with Crippen LogP contribution in [0, 0.1) is 41.5 Å². The molecular formula is C74H61N3. The lowest BCUT2D eigenvalue weighted by Gasteiger charge is -2.13. The number of allylic oxidation sites excluding steroid dienone is 6. The molecule has 0 aliphatic heterocycles. The molecule has 0 bridgehead atoms. The third-order valence-electron chi connectivity index (χ3n) is 16.5. The molecule has 3 heterocycles. The summed E-state index contributed by atoms with van der Waals surface area (Å²) in [5.41, 5.74) is 32.1. The van der Waals surface area contributed by atoms with Crippen LogP contribution in [0.1, 0.15) is 59.2 Å². The van der Waals surface area contributed by atoms with Crippen molar-refractivity contribution in [3.63, 3.8) is 0 Å². The second kappa shape index (κ2) is 19.0. The Kier molecular flexibility index (Phi) is 11.7. The fourth-order valence-electron chi connectivity index (χ4n) is 12.8. The molecule has 0 spiro atoms. The van der Waals surface area contributed by atoms with E-state index in [1.165, 1.54) is 133 Å². The number of pyridine rings is 1. The van der Waals surface area contributed by atoms with Crippen molar-refractivity contribution in [2.24, 2.45) is 0 Å². The molecule has 0 radical (unpaired) electrons. The summed E-state index contributed by atoms with van der Waals surface area (Å²) in [6.07, 6.45) is 11.6. The van der Waals surface area contributed by atoms with E-state index in [-0.39, 0.29) is 0 Å². The van der Waals surface area contributed by atoms with E-state index in [0.717, 1.165) is 40.0 Å². The Bertz CT molecular complexity index is 4300. The topological polar surface area (TPSA) is 22.8 Å². The lowest BCUT2D eigenvalue weighted by atomic mass is 9.92. The molecule has 0 saturated heterocycles. The summed E-state index contributed by atoms with van der Waals surface area (Å²) in [4.78, 5) is 4.82. The molecule has 372 valence electrons. The number of nitrogens with zero attached hydrogens (tertiary/aromatic N) is 3. The van der Waals surface area contributed by atoms with Crippen molar-refractivity contribution in [2.45, 2.75) is 61.8 Å². The van der Waals surface area contributed by atoms with Gasteiger partial charge in [0.1, 0.15) is 0 Å². The highest BCUT2D eigenvalue weighted by Gasteiger charge is 2.20. The molecule has 0 amide bonds. The Morgan fingerprint density at radius 2 is 0.675 bits per heavy atom. The van der Waals surface area contributed by atoms with E-state index in [9.17, 15) is 0 Å². The van der Waals surface area contributed by atoms with Crippen LogP contribution in [0.25, 0.3) is 116 Å². The highest BCUT2D eigenvalue weighted by Crippen LogP contribution is 2.42. The van der Waals surface area contributed by atoms with Crippen LogP contribution in [0.4, 0.5) is 0 Å². The fourth-order valence-corrected chi connectivity index (χ4v) is 12.8. The van der Waals surface area contributed by atoms with Gasteiger partial charge in [0.05, 0.1) is 22.1 Å². The monoisotopic (exact) mass is 991 g/mol. The molecule has 0 N–H and O–H groups in total. The van der Waals surface area contributed by atoms with Gasteiger partial charge in [0.25, 0.3) is 0 Å². The van der Waals surface area contributed by atoms with Gasteiger partial charge in [-0.2, -0.15) is 0 Å². The van der Waals surface area contributed by atoms with E-state index in [2.05, 4.69) is 265 Å². The van der Waals surface area contributed by atoms with Crippen molar-refractivity contribution >= 4 is 49.2 Å². The van der Waals surface area contributed by atoms with E-state index in [1.807, 2.05) is 12.4 Å². The maximum Gasteiger partial charge on any atom is 0.0541 e. The Labute approximate surface area is 452 Å². The second-order valence-electron chi connectivity index (χ2n) is 21.6. The van der Waals surface area contributed by atoms with Crippen LogP contribution in [0.5, 0.6) is 0 Å². The summed E-state index contributed by atoms with van der Waals surface area (Å²) < 4.78 is 4.87. The van der Waals surface area contributed by atoms with Gasteiger partial charge in [0.15, 0.2) is 0 Å². The molecule has 77 heavy (non-hydrogen) atoms. The lowest BCUT2D eigenvalue weighted by molar-refractivity contribution is 1.18. The van der Waals surface area contributed by atoms with Crippen LogP contribution in [0.15, 0.2) is 224 Å². The highest BCUT2D eigenvalue weighted by molar-refractivity contribution is 6.13. The minimum atomic E-state index is 0.952. The van der Waals surface area contributed by atoms with E-state index >= 15 is 0 Å². The van der Waals surface area contributed by atoms with Gasteiger partial charge in [0.2, 0.25) is 0 Å². The summed E-state index contributed by atoms with van der Waals surface area (Å²) in [7, 11) is 0. The molecule has 9 aromatic carbocycles. The van der Waals surface area contributed by atoms with Crippen molar-refractivity contribution in [2.75, 3.05) is 0 Å². The first-order valence-electron chi connectivity index (χ1n) is 27.1. The molecule has 0 fully saturated rings. The summed E-state index contributed by atoms with van der Waals surface area (Å²) in [6.45, 7) is 17.8. The molecular weight excluding hydrogens is 931 g/mol. The summed E-state index contributed by atoms with van der Waals surface area (Å²) in [5, 5.41) is 5.01. The zero-order chi connectivity index (χ0) is 52.6. The Morgan fingerprint density at radius 1 is 0.338 bits per heavy atom. The normalized spacial score (nSPS) is 12.9. The minimum absolute atomic E-state index is 0.952. The number of fused-ring (bicyclic) bond motifs is 6. The average molecular weight is 992 g/mol. The maximum atomic E-state index is 4.82. The van der Waals surface area contributed by atoms with E-state index in [0.29, 0.717) is 0 Å². The first-order valence-corrected chi connectivity index (χ1v) is 27.1. The zero-order valence-electron chi connectivity index (χ0n) is 45.3. The molecule has 0 atom stereocenters. The predicted molar refractivity (Wildman–Crippen MR) is 329 cm³/mol. The van der Waals surface area contributed by atoms with Crippen molar-refractivity contribution in [1.82, 2.24) is 14.1 Å². The number of aryl methyl sites for hydroxylation is 6. The molecule has 0 unspecified atom stereocenters. The van der Waals surface area contributed by atoms with E-state index < -0.39 is 0 Å². The molecule has 0 saturated carbocycles. The van der Waals surface area contributed by atoms with Crippen molar-refractivity contribution in [3.05, 3.63) is 263 Å². The Balaban J connectivity index is 0.860. The van der Waals surface area contributed by atoms with Gasteiger partial charge in [-0.25, -0.2) is 0 Å². The average Bonchev–Trinajstić information content (AvgIpc) is 3.97. The minimum Gasteiger partial charge on any atom is -0.309 e. The Hall–Kier alpha value is -9.05. The zero-order valence-corrected chi connectivity index (χ0v) is 45.3. The molecule has 3 aromatic heterocycles. The van der Waals surface area contributed by atoms with Gasteiger partial charge in [-0.1, -0.05) is 127 Å². The van der Waals surface area contributed by atoms with Gasteiger partial charge < -0.3 is 9.13 Å². The SMILES string of the molecule is CC1=CC=CCC(C)=C1c1ccc2c(c1)c1cc(-c3c(C)cccc3C)ccc1n2-c1ccc(-c2cncc(-c3ccc(-n4c5ccc(-c6c(C)cccc6C)cc5c5cc(-c6c(C)cccc6C)ccc54)cc3)c2)cc1. The number of hydrogen-bond donors (Lipinski definition) is 0. The van der Waals surface area contributed by atoms with Gasteiger partial charge in [-0.3, -0.25) is 4.98 Å². The van der Waals surface area contributed by atoms with Crippen LogP contribution in [-0.2, 0) is 0 Å². The van der Waals surface area contributed by atoms with Crippen molar-refractivity contribution in [3.8, 4) is 67.0 Å². The molecule has 3 heteroatoms. The van der Waals surface area contributed by atoms with Crippen LogP contribution in [-0.4, -0.2) is 14.1 Å². The molecule has 1 aliphatic carbocycles. The first-order chi connectivity index (χ1) is 37.5. The van der Waals surface area contributed by atoms with Crippen molar-refractivity contribution in [1.29, 1.82) is 0 Å². The number of hydrogen-bond acceptors (Lipinski definition) is 1. The van der Waals surface area contributed by atoms with Crippen LogP contribution >= 0.6 is 0 Å². The smallest absolute Gasteiger partial charge is 0.0541 e. The summed E-state index contributed by atoms with van der Waals surface area (Å²) in [5.74, 6) is 0. The summed E-state index contributed by atoms with van der Waals surface area (Å²) >= 11 is 0. The van der Waals surface area contributed by atoms with Crippen molar-refractivity contribution < 1.29 is 0 Å². The fraction of sp³-hybridized carbons (Fsp3) is 0.122. The summed E-state index contributed by atoms with van der Waals surface area (Å²) in [6, 6.07) is 68.3. The molecule has 3 nitrogen and oxygen atoms in total. The molecule has 13 rings (SSSR count). The maximum absolute atomic E-state index is 4.82. The molecule has 1 aliphatic rings. The van der Waals surface area contributed by atoms with Crippen LogP contribution in [0.2, 0.25) is 0 Å². The lowest BCUT2D eigenvalue weighted by Crippen LogP contribution is -1.95. The van der Waals surface area contributed by atoms with Crippen LogP contribution < -0.4 is 0 Å². The highest BCUT2D eigenvalue weighted by atomic mass is 15.0. The van der Waals surface area contributed by atoms with Gasteiger partial charge in [0, 0.05) is 56.4 Å². The molecule has 12 aromatic rings. The first kappa shape index (κ1) is 47.6. The van der Waals surface area contributed by atoms with E-state index in [4.69, 9.17) is 4.98 Å². The number of rotatable bonds is 8. The number of benzene rings is 9. The second-order valence-corrected chi connectivity index (χ2v) is 21.6. The third kappa shape index (κ3) is 8.17. The third-order valence-corrected chi connectivity index (χ3v) is 16.5. The largest absolute Gasteiger partial charge is 0.309 e. The quantitative estimate of drug-likeness (QED) is 0.149. The van der Waals surface area contributed by atoms with Gasteiger partial charge >= 0.3 is 0 Å².